The van der Waals surface area contributed by atoms with Crippen molar-refractivity contribution in [2.24, 2.45) is 0 Å². The van der Waals surface area contributed by atoms with Crippen LogP contribution < -0.4 is 5.56 Å². The Morgan fingerprint density at radius 1 is 1.07 bits per heavy atom. The van der Waals surface area contributed by atoms with E-state index in [9.17, 15) is 9.59 Å². The van der Waals surface area contributed by atoms with Crippen molar-refractivity contribution in [2.45, 2.75) is 44.1 Å². The monoisotopic (exact) mass is 376 g/mol. The topological polar surface area (TPSA) is 71.0 Å². The summed E-state index contributed by atoms with van der Waals surface area (Å²) in [4.78, 5) is 34.0. The highest BCUT2D eigenvalue weighted by Gasteiger charge is 2.31. The molecule has 5 rings (SSSR count). The standard InChI is InChI=1S/C22H24N4O2/c27-20-13-17(7-10-23-20)15-8-11-25(12-9-15)21(28)14-26-19-4-2-1-3-18(19)24-22(26)16-5-6-16/h1-4,7,10,13,15-16H,5-6,8-9,11-12,14H2,(H,23,27). The number of H-pyrrole nitrogens is 1. The molecule has 3 aromatic rings. The minimum Gasteiger partial charge on any atom is -0.341 e. The van der Waals surface area contributed by atoms with Crippen LogP contribution in [-0.4, -0.2) is 38.4 Å². The summed E-state index contributed by atoms with van der Waals surface area (Å²) in [6.07, 6.45) is 5.84. The Hall–Kier alpha value is -2.89. The Kier molecular flexibility index (Phi) is 4.26. The zero-order valence-electron chi connectivity index (χ0n) is 15.8. The first-order valence-corrected chi connectivity index (χ1v) is 10.1. The predicted octanol–water partition coefficient (Wildman–Crippen LogP) is 3.01. The minimum atomic E-state index is -0.0596. The molecule has 2 aliphatic rings. The number of imidazole rings is 1. The second-order valence-corrected chi connectivity index (χ2v) is 7.96. The maximum absolute atomic E-state index is 13.0. The van der Waals surface area contributed by atoms with Crippen molar-refractivity contribution >= 4 is 16.9 Å². The maximum Gasteiger partial charge on any atom is 0.248 e. The molecule has 6 heteroatoms. The van der Waals surface area contributed by atoms with Crippen LogP contribution in [0.1, 0.15) is 48.9 Å². The van der Waals surface area contributed by atoms with Gasteiger partial charge in [-0.2, -0.15) is 0 Å². The van der Waals surface area contributed by atoms with Crippen molar-refractivity contribution in [2.75, 3.05) is 13.1 Å². The molecule has 1 aromatic carbocycles. The van der Waals surface area contributed by atoms with Gasteiger partial charge in [0.05, 0.1) is 11.0 Å². The van der Waals surface area contributed by atoms with Gasteiger partial charge in [0.2, 0.25) is 11.5 Å². The second-order valence-electron chi connectivity index (χ2n) is 7.96. The SMILES string of the molecule is O=C(Cn1c(C2CC2)nc2ccccc21)N1CCC(c2cc[nH]c(=O)c2)CC1. The number of hydrogen-bond donors (Lipinski definition) is 1. The third-order valence-electron chi connectivity index (χ3n) is 6.04. The summed E-state index contributed by atoms with van der Waals surface area (Å²) in [5, 5.41) is 0. The van der Waals surface area contributed by atoms with Crippen molar-refractivity contribution in [1.29, 1.82) is 0 Å². The fourth-order valence-corrected chi connectivity index (χ4v) is 4.33. The largest absolute Gasteiger partial charge is 0.341 e. The lowest BCUT2D eigenvalue weighted by molar-refractivity contribution is -0.132. The van der Waals surface area contributed by atoms with Crippen molar-refractivity contribution in [3.05, 3.63) is 64.3 Å². The highest BCUT2D eigenvalue weighted by molar-refractivity contribution is 5.81. The van der Waals surface area contributed by atoms with Gasteiger partial charge in [0.15, 0.2) is 0 Å². The molecule has 28 heavy (non-hydrogen) atoms. The van der Waals surface area contributed by atoms with Crippen LogP contribution in [0.5, 0.6) is 0 Å². The first-order valence-electron chi connectivity index (χ1n) is 10.1. The molecular formula is C22H24N4O2. The van der Waals surface area contributed by atoms with Gasteiger partial charge in [0.25, 0.3) is 0 Å². The van der Waals surface area contributed by atoms with Crippen LogP contribution in [0.15, 0.2) is 47.4 Å². The first-order chi connectivity index (χ1) is 13.7. The number of nitrogens with one attached hydrogen (secondary N) is 1. The van der Waals surface area contributed by atoms with Gasteiger partial charge in [-0.3, -0.25) is 9.59 Å². The number of piperidine rings is 1. The predicted molar refractivity (Wildman–Crippen MR) is 107 cm³/mol. The van der Waals surface area contributed by atoms with Gasteiger partial charge in [0, 0.05) is 31.3 Å². The number of para-hydroxylation sites is 2. The molecule has 0 spiro atoms. The fourth-order valence-electron chi connectivity index (χ4n) is 4.33. The molecule has 2 fully saturated rings. The van der Waals surface area contributed by atoms with Gasteiger partial charge >= 0.3 is 0 Å². The number of hydrogen-bond acceptors (Lipinski definition) is 3. The number of aromatic nitrogens is 3. The lowest BCUT2D eigenvalue weighted by atomic mass is 9.90. The Balaban J connectivity index is 1.30. The number of nitrogens with zero attached hydrogens (tertiary/aromatic N) is 3. The molecule has 144 valence electrons. The van der Waals surface area contributed by atoms with E-state index in [0.29, 0.717) is 18.4 Å². The third-order valence-corrected chi connectivity index (χ3v) is 6.04. The van der Waals surface area contributed by atoms with Crippen LogP contribution in [0.4, 0.5) is 0 Å². The highest BCUT2D eigenvalue weighted by Crippen LogP contribution is 2.40. The number of carbonyl (C=O) groups excluding carboxylic acids is 1. The number of carbonyl (C=O) groups is 1. The van der Waals surface area contributed by atoms with E-state index in [4.69, 9.17) is 4.98 Å². The zero-order valence-corrected chi connectivity index (χ0v) is 15.8. The number of amides is 1. The van der Waals surface area contributed by atoms with Crippen molar-refractivity contribution in [3.63, 3.8) is 0 Å². The molecule has 0 atom stereocenters. The molecule has 1 saturated heterocycles. The zero-order chi connectivity index (χ0) is 19.1. The Morgan fingerprint density at radius 2 is 1.86 bits per heavy atom. The molecule has 0 bridgehead atoms. The van der Waals surface area contributed by atoms with Gasteiger partial charge in [-0.05, 0) is 55.4 Å². The van der Waals surface area contributed by atoms with Gasteiger partial charge in [-0.15, -0.1) is 0 Å². The van der Waals surface area contributed by atoms with Crippen LogP contribution in [0.2, 0.25) is 0 Å². The molecule has 0 unspecified atom stereocenters. The molecule has 1 aliphatic heterocycles. The smallest absolute Gasteiger partial charge is 0.248 e. The minimum absolute atomic E-state index is 0.0596. The van der Waals surface area contributed by atoms with E-state index in [-0.39, 0.29) is 11.5 Å². The lowest BCUT2D eigenvalue weighted by Crippen LogP contribution is -2.40. The van der Waals surface area contributed by atoms with E-state index in [0.717, 1.165) is 48.4 Å². The van der Waals surface area contributed by atoms with Gasteiger partial charge in [-0.25, -0.2) is 4.98 Å². The average molecular weight is 376 g/mol. The van der Waals surface area contributed by atoms with E-state index in [1.165, 1.54) is 12.8 Å². The summed E-state index contributed by atoms with van der Waals surface area (Å²) in [5.41, 5.74) is 3.05. The maximum atomic E-state index is 13.0. The van der Waals surface area contributed by atoms with Gasteiger partial charge in [0.1, 0.15) is 12.4 Å². The number of aromatic amines is 1. The summed E-state index contributed by atoms with van der Waals surface area (Å²) in [6.45, 7) is 1.84. The van der Waals surface area contributed by atoms with Crippen LogP contribution in [-0.2, 0) is 11.3 Å². The number of rotatable bonds is 4. The molecule has 1 aliphatic carbocycles. The van der Waals surface area contributed by atoms with Gasteiger partial charge < -0.3 is 14.5 Å². The molecule has 6 nitrogen and oxygen atoms in total. The normalized spacial score (nSPS) is 17.9. The Bertz CT molecular complexity index is 1070. The first kappa shape index (κ1) is 17.2. The molecular weight excluding hydrogens is 352 g/mol. The summed E-state index contributed by atoms with van der Waals surface area (Å²) >= 11 is 0. The van der Waals surface area contributed by atoms with Crippen LogP contribution in [0.25, 0.3) is 11.0 Å². The number of pyridine rings is 1. The van der Waals surface area contributed by atoms with E-state index in [2.05, 4.69) is 15.6 Å². The number of benzene rings is 1. The van der Waals surface area contributed by atoms with E-state index in [1.54, 1.807) is 12.3 Å². The fraction of sp³-hybridized carbons (Fsp3) is 0.409. The van der Waals surface area contributed by atoms with Gasteiger partial charge in [-0.1, -0.05) is 12.1 Å². The van der Waals surface area contributed by atoms with Crippen LogP contribution in [0.3, 0.4) is 0 Å². The average Bonchev–Trinajstić information content (AvgIpc) is 3.51. The molecule has 1 saturated carbocycles. The van der Waals surface area contributed by atoms with E-state index >= 15 is 0 Å². The molecule has 3 heterocycles. The second kappa shape index (κ2) is 6.93. The molecule has 1 amide bonds. The van der Waals surface area contributed by atoms with Crippen molar-refractivity contribution < 1.29 is 4.79 Å². The highest BCUT2D eigenvalue weighted by atomic mass is 16.2. The van der Waals surface area contributed by atoms with E-state index in [1.807, 2.05) is 29.2 Å². The summed E-state index contributed by atoms with van der Waals surface area (Å²) in [7, 11) is 0. The number of fused-ring (bicyclic) bond motifs is 1. The molecule has 2 aromatic heterocycles. The van der Waals surface area contributed by atoms with Crippen LogP contribution in [0, 0.1) is 0 Å². The lowest BCUT2D eigenvalue weighted by Gasteiger charge is -2.32. The summed E-state index contributed by atoms with van der Waals surface area (Å²) in [5.74, 6) is 2.08. The van der Waals surface area contributed by atoms with Crippen LogP contribution >= 0.6 is 0 Å². The molecule has 0 radical (unpaired) electrons. The Morgan fingerprint density at radius 3 is 2.61 bits per heavy atom. The summed E-state index contributed by atoms with van der Waals surface area (Å²) in [6, 6.07) is 11.7. The quantitative estimate of drug-likeness (QED) is 0.761. The van der Waals surface area contributed by atoms with Crippen molar-refractivity contribution in [1.82, 2.24) is 19.4 Å². The number of likely N-dealkylation sites (tertiary alicyclic amines) is 1. The molecule has 1 N–H and O–H groups in total. The van der Waals surface area contributed by atoms with Crippen molar-refractivity contribution in [3.8, 4) is 0 Å². The Labute approximate surface area is 163 Å². The van der Waals surface area contributed by atoms with E-state index < -0.39 is 0 Å². The third kappa shape index (κ3) is 3.23. The summed E-state index contributed by atoms with van der Waals surface area (Å²) < 4.78 is 2.12.